The van der Waals surface area contributed by atoms with Crippen LogP contribution in [-0.4, -0.2) is 62.4 Å². The molecular weight excluding hydrogens is 292 g/mol. The van der Waals surface area contributed by atoms with Crippen molar-refractivity contribution in [3.63, 3.8) is 0 Å². The molecule has 0 radical (unpaired) electrons. The maximum atomic E-state index is 5.29. The van der Waals surface area contributed by atoms with E-state index in [9.17, 15) is 0 Å². The van der Waals surface area contributed by atoms with Crippen LogP contribution < -0.4 is 0 Å². The Morgan fingerprint density at radius 3 is 2.70 bits per heavy atom. The number of rotatable bonds is 6. The second kappa shape index (κ2) is 7.70. The van der Waals surface area contributed by atoms with Crippen molar-refractivity contribution in [2.75, 3.05) is 32.7 Å². The first kappa shape index (κ1) is 16.1. The molecule has 23 heavy (non-hydrogen) atoms. The van der Waals surface area contributed by atoms with Crippen molar-refractivity contribution in [2.45, 2.75) is 39.3 Å². The molecule has 0 aromatic carbocycles. The van der Waals surface area contributed by atoms with E-state index in [-0.39, 0.29) is 5.92 Å². The molecule has 0 unspecified atom stereocenters. The zero-order valence-electron chi connectivity index (χ0n) is 14.1. The van der Waals surface area contributed by atoms with Gasteiger partial charge in [-0.1, -0.05) is 19.0 Å². The Morgan fingerprint density at radius 1 is 1.13 bits per heavy atom. The maximum absolute atomic E-state index is 5.29. The van der Waals surface area contributed by atoms with Gasteiger partial charge < -0.3 is 9.42 Å². The van der Waals surface area contributed by atoms with Crippen LogP contribution in [0.1, 0.15) is 37.9 Å². The number of hydrogen-bond acceptors (Lipinski definition) is 6. The van der Waals surface area contributed by atoms with Gasteiger partial charge in [-0.3, -0.25) is 9.58 Å². The van der Waals surface area contributed by atoms with E-state index < -0.39 is 0 Å². The van der Waals surface area contributed by atoms with Crippen molar-refractivity contribution in [3.05, 3.63) is 30.2 Å². The smallest absolute Gasteiger partial charge is 0.229 e. The van der Waals surface area contributed by atoms with E-state index in [1.165, 1.54) is 6.42 Å². The molecule has 126 valence electrons. The normalized spacial score (nSPS) is 17.7. The van der Waals surface area contributed by atoms with Gasteiger partial charge in [0.05, 0.1) is 13.1 Å². The van der Waals surface area contributed by atoms with Gasteiger partial charge in [0.2, 0.25) is 5.89 Å². The number of nitrogens with zero attached hydrogens (tertiary/aromatic N) is 6. The van der Waals surface area contributed by atoms with Crippen LogP contribution >= 0.6 is 0 Å². The van der Waals surface area contributed by atoms with Gasteiger partial charge in [0.1, 0.15) is 0 Å². The maximum Gasteiger partial charge on any atom is 0.229 e. The lowest BCUT2D eigenvalue weighted by atomic mass is 10.2. The molecule has 0 amide bonds. The fraction of sp³-hybridized carbons (Fsp3) is 0.688. The van der Waals surface area contributed by atoms with E-state index in [0.29, 0.717) is 0 Å². The summed E-state index contributed by atoms with van der Waals surface area (Å²) in [6, 6.07) is 1.97. The van der Waals surface area contributed by atoms with Crippen molar-refractivity contribution in [2.24, 2.45) is 0 Å². The van der Waals surface area contributed by atoms with Crippen LogP contribution in [-0.2, 0) is 13.1 Å². The molecule has 1 aliphatic rings. The molecule has 1 aliphatic heterocycles. The second-order valence-electron chi connectivity index (χ2n) is 6.44. The summed E-state index contributed by atoms with van der Waals surface area (Å²) in [5.74, 6) is 1.83. The summed E-state index contributed by atoms with van der Waals surface area (Å²) >= 11 is 0. The Hall–Kier alpha value is -1.73. The minimum Gasteiger partial charge on any atom is -0.339 e. The summed E-state index contributed by atoms with van der Waals surface area (Å²) in [6.07, 6.45) is 5.03. The zero-order chi connectivity index (χ0) is 16.1. The van der Waals surface area contributed by atoms with Crippen LogP contribution in [0, 0.1) is 0 Å². The average molecular weight is 318 g/mol. The van der Waals surface area contributed by atoms with Crippen molar-refractivity contribution < 1.29 is 4.52 Å². The minimum absolute atomic E-state index is 0.290. The van der Waals surface area contributed by atoms with Crippen LogP contribution in [0.15, 0.2) is 23.0 Å². The van der Waals surface area contributed by atoms with Gasteiger partial charge in [0.15, 0.2) is 5.82 Å². The molecular formula is C16H26N6O. The molecule has 0 aliphatic carbocycles. The molecule has 2 aromatic heterocycles. The van der Waals surface area contributed by atoms with Gasteiger partial charge in [-0.2, -0.15) is 10.1 Å². The standard InChI is InChI=1S/C16H26N6O/c1-14(2)16-18-15(19-23-16)13-21-7-4-6-20(9-10-21)11-12-22-8-3-5-17-22/h3,5,8,14H,4,6-7,9-13H2,1-2H3. The third-order valence-electron chi connectivity index (χ3n) is 4.23. The molecule has 0 saturated carbocycles. The number of aromatic nitrogens is 4. The van der Waals surface area contributed by atoms with Gasteiger partial charge in [0, 0.05) is 37.9 Å². The molecule has 0 bridgehead atoms. The van der Waals surface area contributed by atoms with E-state index in [1.54, 1.807) is 0 Å². The predicted molar refractivity (Wildman–Crippen MR) is 86.9 cm³/mol. The Kier molecular flexibility index (Phi) is 5.40. The number of hydrogen-bond donors (Lipinski definition) is 0. The van der Waals surface area contributed by atoms with E-state index in [2.05, 4.69) is 38.9 Å². The highest BCUT2D eigenvalue weighted by Crippen LogP contribution is 2.13. The SMILES string of the molecule is CC(C)c1nc(CN2CCCN(CCn3cccn3)CC2)no1. The first-order chi connectivity index (χ1) is 11.2. The van der Waals surface area contributed by atoms with Crippen LogP contribution in [0.5, 0.6) is 0 Å². The molecule has 1 fully saturated rings. The van der Waals surface area contributed by atoms with Gasteiger partial charge in [0.25, 0.3) is 0 Å². The molecule has 3 rings (SSSR count). The van der Waals surface area contributed by atoms with Gasteiger partial charge in [-0.15, -0.1) is 0 Å². The van der Waals surface area contributed by atoms with Crippen molar-refractivity contribution in [1.29, 1.82) is 0 Å². The molecule has 7 nitrogen and oxygen atoms in total. The van der Waals surface area contributed by atoms with Crippen LogP contribution in [0.2, 0.25) is 0 Å². The molecule has 2 aromatic rings. The topological polar surface area (TPSA) is 63.2 Å². The highest BCUT2D eigenvalue weighted by atomic mass is 16.5. The van der Waals surface area contributed by atoms with Crippen LogP contribution in [0.3, 0.4) is 0 Å². The third kappa shape index (κ3) is 4.62. The molecule has 7 heteroatoms. The summed E-state index contributed by atoms with van der Waals surface area (Å²) in [5.41, 5.74) is 0. The average Bonchev–Trinajstić information content (AvgIpc) is 3.16. The highest BCUT2D eigenvalue weighted by Gasteiger charge is 2.17. The first-order valence-corrected chi connectivity index (χ1v) is 8.45. The predicted octanol–water partition coefficient (Wildman–Crippen LogP) is 1.60. The Balaban J connectivity index is 1.46. The zero-order valence-corrected chi connectivity index (χ0v) is 14.1. The fourth-order valence-corrected chi connectivity index (χ4v) is 2.85. The van der Waals surface area contributed by atoms with Crippen LogP contribution in [0.4, 0.5) is 0 Å². The van der Waals surface area contributed by atoms with E-state index >= 15 is 0 Å². The summed E-state index contributed by atoms with van der Waals surface area (Å²) in [7, 11) is 0. The first-order valence-electron chi connectivity index (χ1n) is 8.45. The van der Waals surface area contributed by atoms with Gasteiger partial charge in [-0.05, 0) is 25.6 Å². The van der Waals surface area contributed by atoms with Crippen molar-refractivity contribution in [1.82, 2.24) is 29.7 Å². The lowest BCUT2D eigenvalue weighted by molar-refractivity contribution is 0.238. The Labute approximate surface area is 137 Å². The second-order valence-corrected chi connectivity index (χ2v) is 6.44. The Bertz CT molecular complexity index is 579. The molecule has 0 spiro atoms. The largest absolute Gasteiger partial charge is 0.339 e. The van der Waals surface area contributed by atoms with Gasteiger partial charge >= 0.3 is 0 Å². The highest BCUT2D eigenvalue weighted by molar-refractivity contribution is 4.91. The van der Waals surface area contributed by atoms with Crippen LogP contribution in [0.25, 0.3) is 0 Å². The lowest BCUT2D eigenvalue weighted by Gasteiger charge is -2.20. The molecule has 3 heterocycles. The van der Waals surface area contributed by atoms with Gasteiger partial charge in [-0.25, -0.2) is 0 Å². The monoisotopic (exact) mass is 318 g/mol. The minimum atomic E-state index is 0.290. The lowest BCUT2D eigenvalue weighted by Crippen LogP contribution is -2.32. The summed E-state index contributed by atoms with van der Waals surface area (Å²) in [4.78, 5) is 9.41. The Morgan fingerprint density at radius 2 is 1.96 bits per heavy atom. The van der Waals surface area contributed by atoms with E-state index in [1.807, 2.05) is 23.1 Å². The molecule has 0 atom stereocenters. The molecule has 0 N–H and O–H groups in total. The fourth-order valence-electron chi connectivity index (χ4n) is 2.85. The van der Waals surface area contributed by atoms with E-state index in [4.69, 9.17) is 4.52 Å². The summed E-state index contributed by atoms with van der Waals surface area (Å²) in [5, 5.41) is 8.36. The summed E-state index contributed by atoms with van der Waals surface area (Å²) < 4.78 is 7.29. The quantitative estimate of drug-likeness (QED) is 0.806. The molecule has 1 saturated heterocycles. The summed E-state index contributed by atoms with van der Waals surface area (Å²) in [6.45, 7) is 11.3. The van der Waals surface area contributed by atoms with E-state index in [0.717, 1.165) is 57.5 Å². The third-order valence-corrected chi connectivity index (χ3v) is 4.23. The van der Waals surface area contributed by atoms with Crippen molar-refractivity contribution >= 4 is 0 Å². The van der Waals surface area contributed by atoms with Crippen molar-refractivity contribution in [3.8, 4) is 0 Å².